The monoisotopic (exact) mass is 532 g/mol. The first-order chi connectivity index (χ1) is 17.8. The summed E-state index contributed by atoms with van der Waals surface area (Å²) in [7, 11) is -3.87. The summed E-state index contributed by atoms with van der Waals surface area (Å²) in [5.74, 6) is 1.19. The van der Waals surface area contributed by atoms with E-state index in [1.165, 1.54) is 4.31 Å². The number of benzene rings is 2. The molecule has 2 aromatic rings. The van der Waals surface area contributed by atoms with Gasteiger partial charge in [0.15, 0.2) is 11.5 Å². The molecule has 10 nitrogen and oxygen atoms in total. The van der Waals surface area contributed by atoms with Crippen molar-refractivity contribution in [1.82, 2.24) is 9.62 Å². The Kier molecular flexibility index (Phi) is 7.68. The molecule has 2 N–H and O–H groups in total. The zero-order valence-electron chi connectivity index (χ0n) is 20.7. The highest BCUT2D eigenvalue weighted by Crippen LogP contribution is 2.33. The number of nitrogens with zero attached hydrogens (tertiary/aromatic N) is 1. The fourth-order valence-corrected chi connectivity index (χ4v) is 6.66. The molecule has 11 heteroatoms. The van der Waals surface area contributed by atoms with Crippen LogP contribution in [0.5, 0.6) is 11.5 Å². The van der Waals surface area contributed by atoms with Crippen LogP contribution in [0.3, 0.4) is 0 Å². The van der Waals surface area contributed by atoms with Crippen LogP contribution in [0.25, 0.3) is 0 Å². The third-order valence-corrected chi connectivity index (χ3v) is 8.81. The van der Waals surface area contributed by atoms with Crippen molar-refractivity contribution in [3.63, 3.8) is 0 Å². The molecular weight excluding hydrogens is 500 g/mol. The molecule has 2 saturated heterocycles. The van der Waals surface area contributed by atoms with E-state index in [1.807, 2.05) is 25.1 Å². The molecular formula is C26H32N2O8S. The Morgan fingerprint density at radius 2 is 1.86 bits per heavy atom. The first-order valence-corrected chi connectivity index (χ1v) is 13.9. The van der Waals surface area contributed by atoms with Gasteiger partial charge in [-0.05, 0) is 49.6 Å². The molecule has 0 unspecified atom stereocenters. The van der Waals surface area contributed by atoms with Crippen LogP contribution in [0.4, 0.5) is 0 Å². The molecule has 0 aromatic heterocycles. The summed E-state index contributed by atoms with van der Waals surface area (Å²) in [5.41, 5.74) is 1.85. The molecule has 2 aromatic carbocycles. The Labute approximate surface area is 216 Å². The second-order valence-electron chi connectivity index (χ2n) is 9.69. The van der Waals surface area contributed by atoms with Gasteiger partial charge in [0, 0.05) is 13.1 Å². The quantitative estimate of drug-likeness (QED) is 0.577. The van der Waals surface area contributed by atoms with Gasteiger partial charge in [-0.1, -0.05) is 23.8 Å². The average Bonchev–Trinajstić information content (AvgIpc) is 3.34. The third kappa shape index (κ3) is 5.91. The number of carbonyl (C=O) groups is 1. The fraction of sp³-hybridized carbons (Fsp3) is 0.500. The van der Waals surface area contributed by atoms with Gasteiger partial charge in [0.25, 0.3) is 0 Å². The lowest BCUT2D eigenvalue weighted by atomic mass is 9.96. The van der Waals surface area contributed by atoms with E-state index in [9.17, 15) is 18.3 Å². The topological polar surface area (TPSA) is 124 Å². The molecule has 5 rings (SSSR count). The number of carbonyl (C=O) groups excluding carboxylic acids is 1. The van der Waals surface area contributed by atoms with Crippen molar-refractivity contribution >= 4 is 15.9 Å². The standard InChI is InChI=1S/C26H32N2O8S/c1-17-2-6-21(7-3-17)37(31,32)28-13-19(29)14-33-15-25-22(28)8-5-20(36-25)11-26(30)27-12-18-4-9-23-24(10-18)35-16-34-23/h2-4,6-7,9-10,19-20,22,25,29H,5,8,11-16H2,1H3,(H,27,30)/t19-,20-,22+,25-/m1/s1. The van der Waals surface area contributed by atoms with E-state index in [2.05, 4.69) is 5.32 Å². The summed E-state index contributed by atoms with van der Waals surface area (Å²) in [6, 6.07) is 11.7. The number of aryl methyl sites for hydroxylation is 1. The van der Waals surface area contributed by atoms with E-state index in [0.717, 1.165) is 11.1 Å². The van der Waals surface area contributed by atoms with Gasteiger partial charge in [-0.25, -0.2) is 8.42 Å². The molecule has 0 aliphatic carbocycles. The van der Waals surface area contributed by atoms with Crippen molar-refractivity contribution in [3.05, 3.63) is 53.6 Å². The molecule has 4 atom stereocenters. The predicted molar refractivity (Wildman–Crippen MR) is 133 cm³/mol. The molecule has 0 radical (unpaired) electrons. The van der Waals surface area contributed by atoms with Crippen LogP contribution in [0.1, 0.15) is 30.4 Å². The van der Waals surface area contributed by atoms with Crippen LogP contribution in [-0.2, 0) is 30.8 Å². The Bertz CT molecular complexity index is 1220. The fourth-order valence-electron chi connectivity index (χ4n) is 4.95. The lowest BCUT2D eigenvalue weighted by molar-refractivity contribution is -0.146. The second-order valence-corrected chi connectivity index (χ2v) is 11.6. The van der Waals surface area contributed by atoms with Crippen molar-refractivity contribution in [2.24, 2.45) is 0 Å². The van der Waals surface area contributed by atoms with Crippen LogP contribution in [0, 0.1) is 6.92 Å². The third-order valence-electron chi connectivity index (χ3n) is 6.90. The molecule has 3 heterocycles. The van der Waals surface area contributed by atoms with Gasteiger partial charge in [-0.3, -0.25) is 4.79 Å². The zero-order chi connectivity index (χ0) is 26.0. The summed E-state index contributed by atoms with van der Waals surface area (Å²) in [5, 5.41) is 13.3. The number of sulfonamides is 1. The van der Waals surface area contributed by atoms with Crippen molar-refractivity contribution in [3.8, 4) is 11.5 Å². The van der Waals surface area contributed by atoms with Crippen LogP contribution in [-0.4, -0.2) is 74.6 Å². The van der Waals surface area contributed by atoms with E-state index in [4.69, 9.17) is 18.9 Å². The van der Waals surface area contributed by atoms with Gasteiger partial charge >= 0.3 is 0 Å². The number of rotatable bonds is 6. The maximum absolute atomic E-state index is 13.6. The Morgan fingerprint density at radius 1 is 1.08 bits per heavy atom. The van der Waals surface area contributed by atoms with E-state index in [0.29, 0.717) is 30.9 Å². The first kappa shape index (κ1) is 25.9. The lowest BCUT2D eigenvalue weighted by Crippen LogP contribution is -2.57. The van der Waals surface area contributed by atoms with Gasteiger partial charge in [0.05, 0.1) is 48.9 Å². The highest BCUT2D eigenvalue weighted by atomic mass is 32.2. The van der Waals surface area contributed by atoms with E-state index in [1.54, 1.807) is 24.3 Å². The summed E-state index contributed by atoms with van der Waals surface area (Å²) in [4.78, 5) is 12.8. The average molecular weight is 533 g/mol. The Hall–Kier alpha value is -2.70. The van der Waals surface area contributed by atoms with Crippen molar-refractivity contribution in [1.29, 1.82) is 0 Å². The number of aliphatic hydroxyl groups is 1. The molecule has 1 amide bonds. The van der Waals surface area contributed by atoms with Gasteiger partial charge in [0.1, 0.15) is 0 Å². The lowest BCUT2D eigenvalue weighted by Gasteiger charge is -2.43. The van der Waals surface area contributed by atoms with Gasteiger partial charge in [-0.2, -0.15) is 4.31 Å². The Balaban J connectivity index is 1.22. The van der Waals surface area contributed by atoms with Crippen molar-refractivity contribution in [2.75, 3.05) is 26.6 Å². The minimum absolute atomic E-state index is 0.00713. The number of aliphatic hydroxyl groups excluding tert-OH is 1. The SMILES string of the molecule is Cc1ccc(S(=O)(=O)N2C[C@@H](O)COC[C@H]3O[C@@H](CC(=O)NCc4ccc5c(c4)OCO5)CC[C@@H]32)cc1. The molecule has 0 spiro atoms. The minimum Gasteiger partial charge on any atom is -0.454 e. The molecule has 0 saturated carbocycles. The van der Waals surface area contributed by atoms with Crippen LogP contribution in [0.2, 0.25) is 0 Å². The van der Waals surface area contributed by atoms with Gasteiger partial charge < -0.3 is 29.4 Å². The van der Waals surface area contributed by atoms with Crippen LogP contribution < -0.4 is 14.8 Å². The molecule has 0 bridgehead atoms. The smallest absolute Gasteiger partial charge is 0.243 e. The molecule has 3 aliphatic rings. The molecule has 37 heavy (non-hydrogen) atoms. The number of amides is 1. The number of β-amino-alcohol motifs (C(OH)–C–C–N with tert-alkyl or cyclic N) is 1. The number of nitrogens with one attached hydrogen (secondary N) is 1. The maximum Gasteiger partial charge on any atom is 0.243 e. The van der Waals surface area contributed by atoms with Crippen LogP contribution in [0.15, 0.2) is 47.4 Å². The summed E-state index contributed by atoms with van der Waals surface area (Å²) < 4.78 is 51.0. The van der Waals surface area contributed by atoms with Gasteiger partial charge in [-0.15, -0.1) is 0 Å². The molecule has 2 fully saturated rings. The molecule has 200 valence electrons. The highest BCUT2D eigenvalue weighted by molar-refractivity contribution is 7.89. The highest BCUT2D eigenvalue weighted by Gasteiger charge is 2.43. The normalized spacial score (nSPS) is 26.1. The number of ether oxygens (including phenoxy) is 4. The predicted octanol–water partition coefficient (Wildman–Crippen LogP) is 1.73. The Morgan fingerprint density at radius 3 is 2.68 bits per heavy atom. The zero-order valence-corrected chi connectivity index (χ0v) is 21.5. The van der Waals surface area contributed by atoms with Gasteiger partial charge in [0.2, 0.25) is 22.7 Å². The minimum atomic E-state index is -3.87. The summed E-state index contributed by atoms with van der Waals surface area (Å²) in [6.45, 7) is 2.49. The number of hydrogen-bond acceptors (Lipinski definition) is 8. The first-order valence-electron chi connectivity index (χ1n) is 12.4. The van der Waals surface area contributed by atoms with Crippen LogP contribution >= 0.6 is 0 Å². The number of fused-ring (bicyclic) bond motifs is 2. The van der Waals surface area contributed by atoms with E-state index < -0.39 is 28.3 Å². The molecule has 3 aliphatic heterocycles. The summed E-state index contributed by atoms with van der Waals surface area (Å²) >= 11 is 0. The van der Waals surface area contributed by atoms with Crippen molar-refractivity contribution < 1.29 is 37.3 Å². The maximum atomic E-state index is 13.6. The largest absolute Gasteiger partial charge is 0.454 e. The van der Waals surface area contributed by atoms with Crippen molar-refractivity contribution in [2.45, 2.75) is 62.0 Å². The summed E-state index contributed by atoms with van der Waals surface area (Å²) in [6.07, 6.45) is -0.703. The number of hydrogen-bond donors (Lipinski definition) is 2. The second kappa shape index (κ2) is 11.0. The van der Waals surface area contributed by atoms with E-state index in [-0.39, 0.29) is 49.9 Å². The van der Waals surface area contributed by atoms with E-state index >= 15 is 0 Å².